The van der Waals surface area contributed by atoms with Crippen LogP contribution in [0.15, 0.2) is 24.3 Å². The minimum atomic E-state index is -7.13. The summed E-state index contributed by atoms with van der Waals surface area (Å²) in [5, 5.41) is -12.0. The summed E-state index contributed by atoms with van der Waals surface area (Å²) in [7, 11) is 1.09. The molecule has 278 valence electrons. The molecule has 0 saturated heterocycles. The molecular weight excluding hydrogens is 762 g/mol. The Kier molecular flexibility index (Phi) is 13.4. The van der Waals surface area contributed by atoms with E-state index in [1.807, 2.05) is 0 Å². The van der Waals surface area contributed by atoms with Gasteiger partial charge in [0.05, 0.1) is 11.1 Å². The van der Waals surface area contributed by atoms with Gasteiger partial charge in [-0.3, -0.25) is 0 Å². The topological polar surface area (TPSA) is 59.1 Å². The van der Waals surface area contributed by atoms with E-state index in [4.69, 9.17) is 0 Å². The molecule has 0 aliphatic heterocycles. The second kappa shape index (κ2) is 14.8. The first kappa shape index (κ1) is 43.5. The lowest BCUT2D eigenvalue weighted by Gasteiger charge is -2.34. The van der Waals surface area contributed by atoms with E-state index >= 15 is 0 Å². The monoisotopic (exact) mass is 780 g/mol. The van der Waals surface area contributed by atoms with E-state index in [0.29, 0.717) is 14.1 Å². The zero-order valence-corrected chi connectivity index (χ0v) is 24.9. The molecule has 0 atom stereocenters. The van der Waals surface area contributed by atoms with Crippen LogP contribution in [0.5, 0.6) is 0 Å². The number of alkyl halides is 18. The van der Waals surface area contributed by atoms with Crippen molar-refractivity contribution in [3.8, 4) is 0 Å². The molecular formula is C22H18F18N2O4S2. The number of halogens is 18. The van der Waals surface area contributed by atoms with E-state index in [9.17, 15) is 88.6 Å². The first-order valence-electron chi connectivity index (χ1n) is 11.9. The molecule has 48 heavy (non-hydrogen) atoms. The third kappa shape index (κ3) is 9.39. The molecule has 0 amide bonds. The Morgan fingerprint density at radius 1 is 0.562 bits per heavy atom. The highest BCUT2D eigenvalue weighted by molar-refractivity contribution is 7.98. The highest BCUT2D eigenvalue weighted by Gasteiger charge is 2.83. The van der Waals surface area contributed by atoms with E-state index in [1.165, 1.54) is 0 Å². The van der Waals surface area contributed by atoms with Crippen molar-refractivity contribution in [3.05, 3.63) is 35.4 Å². The van der Waals surface area contributed by atoms with E-state index in [2.05, 4.69) is 9.47 Å². The van der Waals surface area contributed by atoms with Crippen molar-refractivity contribution in [1.82, 2.24) is 8.61 Å². The van der Waals surface area contributed by atoms with Gasteiger partial charge in [0.1, 0.15) is 13.2 Å². The number of nitrogens with zero attached hydrogens (tertiary/aromatic N) is 2. The van der Waals surface area contributed by atoms with Crippen LogP contribution in [0.2, 0.25) is 0 Å². The zero-order valence-electron chi connectivity index (χ0n) is 23.3. The highest BCUT2D eigenvalue weighted by Crippen LogP contribution is 2.58. The van der Waals surface area contributed by atoms with Gasteiger partial charge in [0, 0.05) is 37.0 Å². The Morgan fingerprint density at radius 2 is 0.854 bits per heavy atom. The minimum absolute atomic E-state index is 0.0512. The molecule has 0 spiro atoms. The van der Waals surface area contributed by atoms with Crippen LogP contribution >= 0.6 is 23.9 Å². The lowest BCUT2D eigenvalue weighted by Crippen LogP contribution is -2.60. The number of rotatable bonds is 16. The van der Waals surface area contributed by atoms with Crippen molar-refractivity contribution in [2.24, 2.45) is 0 Å². The van der Waals surface area contributed by atoms with Crippen LogP contribution < -0.4 is 0 Å². The summed E-state index contributed by atoms with van der Waals surface area (Å²) in [5.74, 6) is -30.8. The zero-order chi connectivity index (χ0) is 37.9. The van der Waals surface area contributed by atoms with Gasteiger partial charge in [0.15, 0.2) is 0 Å². The van der Waals surface area contributed by atoms with Gasteiger partial charge >= 0.3 is 58.5 Å². The van der Waals surface area contributed by atoms with Gasteiger partial charge in [0.25, 0.3) is 0 Å². The van der Waals surface area contributed by atoms with E-state index < -0.39 is 120 Å². The van der Waals surface area contributed by atoms with Crippen molar-refractivity contribution in [2.75, 3.05) is 40.4 Å². The van der Waals surface area contributed by atoms with Crippen molar-refractivity contribution < 1.29 is 98.1 Å². The molecule has 0 aromatic heterocycles. The Bertz CT molecular complexity index is 1180. The normalized spacial score (nSPS) is 14.5. The molecule has 26 heteroatoms. The molecule has 0 N–H and O–H groups in total. The second-order valence-electron chi connectivity index (χ2n) is 9.06. The number of benzene rings is 1. The number of esters is 2. The number of carbonyl (C=O) groups is 2. The van der Waals surface area contributed by atoms with E-state index in [-0.39, 0.29) is 8.61 Å². The van der Waals surface area contributed by atoms with Crippen molar-refractivity contribution in [1.29, 1.82) is 0 Å². The first-order valence-corrected chi connectivity index (χ1v) is 13.5. The van der Waals surface area contributed by atoms with Gasteiger partial charge in [-0.15, -0.1) is 0 Å². The van der Waals surface area contributed by atoms with E-state index in [1.54, 1.807) is 0 Å². The van der Waals surface area contributed by atoms with Gasteiger partial charge < -0.3 is 9.47 Å². The van der Waals surface area contributed by atoms with Crippen LogP contribution in [-0.4, -0.2) is 107 Å². The van der Waals surface area contributed by atoms with Crippen molar-refractivity contribution >= 4 is 35.8 Å². The average molecular weight is 780 g/mol. The Balaban J connectivity index is 2.73. The molecule has 0 aliphatic rings. The number of likely N-dealkylation sites (N-methyl/N-ethyl adjacent to an activating group) is 2. The summed E-state index contributed by atoms with van der Waals surface area (Å²) in [5.41, 5.74) is -0.997. The smallest absolute Gasteiger partial charge is 0.460 e. The Morgan fingerprint density at radius 3 is 1.12 bits per heavy atom. The molecule has 0 saturated carbocycles. The average Bonchev–Trinajstić information content (AvgIpc) is 2.90. The number of ether oxygens (including phenoxy) is 2. The van der Waals surface area contributed by atoms with Crippen LogP contribution in [0, 0.1) is 0 Å². The molecule has 1 aromatic carbocycles. The third-order valence-electron chi connectivity index (χ3n) is 5.39. The summed E-state index contributed by atoms with van der Waals surface area (Å²) < 4.78 is 243. The van der Waals surface area contributed by atoms with Gasteiger partial charge in [0.2, 0.25) is 0 Å². The predicted octanol–water partition coefficient (Wildman–Crippen LogP) is 8.01. The minimum Gasteiger partial charge on any atom is -0.461 e. The largest absolute Gasteiger partial charge is 0.461 e. The maximum atomic E-state index is 13.7. The lowest BCUT2D eigenvalue weighted by atomic mass is 10.1. The fraction of sp³-hybridized carbons (Fsp3) is 0.636. The SMILES string of the molecule is CN(CCOC(=O)c1cccc(C(=O)OCCN(C)SC(F)(F)C(F)(F)C(F)(F)C(F)(F)F)c1)SC(F)(F)C(F)(F)C(F)(F)C(F)(F)F. The van der Waals surface area contributed by atoms with E-state index in [0.717, 1.165) is 24.3 Å². The molecule has 0 aliphatic carbocycles. The summed E-state index contributed by atoms with van der Waals surface area (Å²) in [6.07, 6.45) is -14.1. The Hall–Kier alpha value is -2.48. The number of hydrogen-bond acceptors (Lipinski definition) is 8. The fourth-order valence-electron chi connectivity index (χ4n) is 2.79. The van der Waals surface area contributed by atoms with Crippen molar-refractivity contribution in [2.45, 2.75) is 46.6 Å². The maximum Gasteiger partial charge on any atom is 0.460 e. The van der Waals surface area contributed by atoms with Crippen LogP contribution in [0.3, 0.4) is 0 Å². The van der Waals surface area contributed by atoms with Gasteiger partial charge in [-0.25, -0.2) is 18.2 Å². The molecule has 6 nitrogen and oxygen atoms in total. The molecule has 1 aromatic rings. The summed E-state index contributed by atoms with van der Waals surface area (Å²) in [4.78, 5) is 24.4. The standard InChI is InChI=1S/C22H18F18N2O4S2/c1-41(47-21(37,38)17(27,28)15(23,24)19(31,32)33)6-8-45-13(43)11-4-3-5-12(10-11)14(44)46-9-7-42(2)48-22(39,40)18(29,30)16(25,26)20(34,35)36/h3-5,10H,6-9H2,1-2H3. The number of carbonyl (C=O) groups excluding carboxylic acids is 2. The summed E-state index contributed by atoms with van der Waals surface area (Å²) >= 11 is -2.85. The molecule has 0 heterocycles. The quantitative estimate of drug-likeness (QED) is 0.0951. The molecule has 0 fully saturated rings. The molecule has 1 rings (SSSR count). The summed E-state index contributed by atoms with van der Waals surface area (Å²) in [6, 6.07) is 3.68. The molecule has 0 unspecified atom stereocenters. The van der Waals surface area contributed by atoms with Crippen LogP contribution in [0.4, 0.5) is 79.0 Å². The number of hydrogen-bond donors (Lipinski definition) is 0. The second-order valence-corrected chi connectivity index (χ2v) is 11.7. The highest BCUT2D eigenvalue weighted by atomic mass is 32.2. The lowest BCUT2D eigenvalue weighted by molar-refractivity contribution is -0.381. The maximum absolute atomic E-state index is 13.7. The molecule has 0 radical (unpaired) electrons. The third-order valence-corrected chi connectivity index (χ3v) is 7.35. The van der Waals surface area contributed by atoms with Gasteiger partial charge in [-0.1, -0.05) is 6.07 Å². The van der Waals surface area contributed by atoms with Gasteiger partial charge in [-0.2, -0.15) is 79.0 Å². The first-order chi connectivity index (χ1) is 21.3. The Labute approximate surface area is 265 Å². The van der Waals surface area contributed by atoms with Crippen molar-refractivity contribution in [3.63, 3.8) is 0 Å². The predicted molar refractivity (Wildman–Crippen MR) is 129 cm³/mol. The fourth-order valence-corrected chi connectivity index (χ4v) is 4.39. The molecule has 0 bridgehead atoms. The summed E-state index contributed by atoms with van der Waals surface area (Å²) in [6.45, 7) is -3.83. The van der Waals surface area contributed by atoms with Crippen LogP contribution in [0.1, 0.15) is 20.7 Å². The van der Waals surface area contributed by atoms with Gasteiger partial charge in [-0.05, 0) is 32.3 Å². The van der Waals surface area contributed by atoms with Crippen LogP contribution in [-0.2, 0) is 9.47 Å². The van der Waals surface area contributed by atoms with Crippen LogP contribution in [0.25, 0.3) is 0 Å².